The SMILES string of the molecule is Cc1cc(-c2ccc(C(F)(F)F)c(F)c2)ccc1[C@@H](O)[C@H]1O[C@H](CO)[C@@H](O)[C@H](O)[C@@H]1O. The molecule has 3 rings (SSSR count). The average molecular weight is 446 g/mol. The first kappa shape index (κ1) is 23.6. The molecule has 0 bridgehead atoms. The maximum atomic E-state index is 13.9. The van der Waals surface area contributed by atoms with Gasteiger partial charge in [-0.25, -0.2) is 4.39 Å². The van der Waals surface area contributed by atoms with Gasteiger partial charge in [0.2, 0.25) is 0 Å². The van der Waals surface area contributed by atoms with Crippen molar-refractivity contribution in [2.75, 3.05) is 6.61 Å². The Bertz CT molecular complexity index is 933. The van der Waals surface area contributed by atoms with Crippen molar-refractivity contribution in [3.8, 4) is 11.1 Å². The van der Waals surface area contributed by atoms with Gasteiger partial charge in [0.05, 0.1) is 12.2 Å². The molecule has 31 heavy (non-hydrogen) atoms. The maximum absolute atomic E-state index is 13.9. The van der Waals surface area contributed by atoms with Crippen molar-refractivity contribution in [2.24, 2.45) is 0 Å². The van der Waals surface area contributed by atoms with Gasteiger partial charge in [0.15, 0.2) is 0 Å². The maximum Gasteiger partial charge on any atom is 0.419 e. The number of hydrogen-bond donors (Lipinski definition) is 5. The number of hydrogen-bond acceptors (Lipinski definition) is 6. The Morgan fingerprint density at radius 2 is 1.58 bits per heavy atom. The molecule has 5 N–H and O–H groups in total. The highest BCUT2D eigenvalue weighted by Crippen LogP contribution is 2.36. The van der Waals surface area contributed by atoms with Gasteiger partial charge < -0.3 is 30.3 Å². The highest BCUT2D eigenvalue weighted by atomic mass is 19.4. The van der Waals surface area contributed by atoms with E-state index < -0.39 is 60.8 Å². The minimum Gasteiger partial charge on any atom is -0.394 e. The molecular formula is C21H22F4O6. The van der Waals surface area contributed by atoms with Gasteiger partial charge in [0.25, 0.3) is 0 Å². The van der Waals surface area contributed by atoms with Crippen molar-refractivity contribution in [1.82, 2.24) is 0 Å². The largest absolute Gasteiger partial charge is 0.419 e. The molecule has 2 aromatic carbocycles. The molecule has 170 valence electrons. The summed E-state index contributed by atoms with van der Waals surface area (Å²) in [6.45, 7) is 0.943. The van der Waals surface area contributed by atoms with Crippen LogP contribution in [0.1, 0.15) is 22.8 Å². The lowest BCUT2D eigenvalue weighted by Crippen LogP contribution is -2.59. The summed E-state index contributed by atoms with van der Waals surface area (Å²) in [7, 11) is 0. The molecule has 0 saturated carbocycles. The summed E-state index contributed by atoms with van der Waals surface area (Å²) in [6.07, 6.45) is -13.7. The van der Waals surface area contributed by atoms with Crippen LogP contribution in [0.2, 0.25) is 0 Å². The standard InChI is InChI=1S/C21H22F4O6/c1-9-6-10(11-3-5-13(14(22)7-11)21(23,24)25)2-4-12(9)16(27)20-19(30)18(29)17(28)15(8-26)31-20/h2-7,15-20,26-30H,8H2,1H3/t15-,16-,17-,18+,19+,20-/m1/s1. The summed E-state index contributed by atoms with van der Waals surface area (Å²) in [4.78, 5) is 0. The third kappa shape index (κ3) is 4.59. The van der Waals surface area contributed by atoms with E-state index in [9.17, 15) is 43.1 Å². The summed E-state index contributed by atoms with van der Waals surface area (Å²) < 4.78 is 57.5. The Morgan fingerprint density at radius 3 is 2.13 bits per heavy atom. The molecule has 6 atom stereocenters. The van der Waals surface area contributed by atoms with Crippen LogP contribution in [0.25, 0.3) is 11.1 Å². The fourth-order valence-corrected chi connectivity index (χ4v) is 3.68. The molecule has 1 saturated heterocycles. The quantitative estimate of drug-likeness (QED) is 0.458. The summed E-state index contributed by atoms with van der Waals surface area (Å²) >= 11 is 0. The second-order valence-electron chi connectivity index (χ2n) is 7.50. The summed E-state index contributed by atoms with van der Waals surface area (Å²) in [5.74, 6) is -1.41. The van der Waals surface area contributed by atoms with Crippen LogP contribution in [0.4, 0.5) is 17.6 Å². The summed E-state index contributed by atoms with van der Waals surface area (Å²) in [6, 6.07) is 6.96. The lowest BCUT2D eigenvalue weighted by molar-refractivity contribution is -0.250. The third-order valence-corrected chi connectivity index (χ3v) is 5.44. The number of halogens is 4. The van der Waals surface area contributed by atoms with Crippen molar-refractivity contribution in [1.29, 1.82) is 0 Å². The first-order chi connectivity index (χ1) is 14.5. The van der Waals surface area contributed by atoms with Gasteiger partial charge in [-0.15, -0.1) is 0 Å². The number of aliphatic hydroxyl groups is 5. The number of benzene rings is 2. The van der Waals surface area contributed by atoms with Crippen molar-refractivity contribution >= 4 is 0 Å². The predicted octanol–water partition coefficient (Wildman–Crippen LogP) is 1.70. The monoisotopic (exact) mass is 446 g/mol. The van der Waals surface area contributed by atoms with Crippen LogP contribution in [0, 0.1) is 12.7 Å². The number of ether oxygens (including phenoxy) is 1. The summed E-state index contributed by atoms with van der Waals surface area (Å²) in [5.41, 5.74) is -0.0391. The number of aryl methyl sites for hydroxylation is 1. The molecule has 1 aliphatic heterocycles. The zero-order valence-electron chi connectivity index (χ0n) is 16.3. The fraction of sp³-hybridized carbons (Fsp3) is 0.429. The van der Waals surface area contributed by atoms with E-state index in [1.807, 2.05) is 0 Å². The Hall–Kier alpha value is -2.08. The first-order valence-corrected chi connectivity index (χ1v) is 9.42. The van der Waals surface area contributed by atoms with Crippen molar-refractivity contribution in [2.45, 2.75) is 49.7 Å². The van der Waals surface area contributed by atoms with Crippen LogP contribution >= 0.6 is 0 Å². The van der Waals surface area contributed by atoms with Gasteiger partial charge in [0.1, 0.15) is 42.4 Å². The molecule has 0 unspecified atom stereocenters. The smallest absolute Gasteiger partial charge is 0.394 e. The third-order valence-electron chi connectivity index (χ3n) is 5.44. The second kappa shape index (κ2) is 8.81. The molecule has 0 aliphatic carbocycles. The van der Waals surface area contributed by atoms with Gasteiger partial charge in [-0.2, -0.15) is 13.2 Å². The molecule has 10 heteroatoms. The first-order valence-electron chi connectivity index (χ1n) is 9.42. The van der Waals surface area contributed by atoms with Crippen LogP contribution < -0.4 is 0 Å². The van der Waals surface area contributed by atoms with E-state index in [4.69, 9.17) is 4.74 Å². The Balaban J connectivity index is 1.88. The highest BCUT2D eigenvalue weighted by Gasteiger charge is 2.46. The van der Waals surface area contributed by atoms with Crippen LogP contribution in [0.15, 0.2) is 36.4 Å². The zero-order valence-corrected chi connectivity index (χ0v) is 16.3. The van der Waals surface area contributed by atoms with Gasteiger partial charge >= 0.3 is 6.18 Å². The lowest BCUT2D eigenvalue weighted by Gasteiger charge is -2.42. The molecule has 6 nitrogen and oxygen atoms in total. The van der Waals surface area contributed by atoms with Crippen LogP contribution in [-0.4, -0.2) is 62.7 Å². The molecule has 1 heterocycles. The molecule has 1 fully saturated rings. The lowest BCUT2D eigenvalue weighted by atomic mass is 9.88. The van der Waals surface area contributed by atoms with E-state index >= 15 is 0 Å². The zero-order chi connectivity index (χ0) is 23.1. The Labute approximate surface area is 175 Å². The van der Waals surface area contributed by atoms with Crippen molar-refractivity contribution < 1.29 is 47.8 Å². The minimum absolute atomic E-state index is 0.197. The number of rotatable bonds is 4. The normalized spacial score (nSPS) is 27.9. The van der Waals surface area contributed by atoms with Crippen LogP contribution in [0.3, 0.4) is 0 Å². The topological polar surface area (TPSA) is 110 Å². The van der Waals surface area contributed by atoms with Crippen LogP contribution in [-0.2, 0) is 10.9 Å². The van der Waals surface area contributed by atoms with Gasteiger partial charge in [-0.05, 0) is 41.3 Å². The molecular weight excluding hydrogens is 424 g/mol. The van der Waals surface area contributed by atoms with E-state index in [2.05, 4.69) is 0 Å². The van der Waals surface area contributed by atoms with Gasteiger partial charge in [-0.3, -0.25) is 0 Å². The van der Waals surface area contributed by atoms with Crippen molar-refractivity contribution in [3.63, 3.8) is 0 Å². The summed E-state index contributed by atoms with van der Waals surface area (Å²) in [5, 5.41) is 49.9. The Kier molecular flexibility index (Phi) is 6.70. The van der Waals surface area contributed by atoms with E-state index in [-0.39, 0.29) is 11.1 Å². The van der Waals surface area contributed by atoms with E-state index in [1.54, 1.807) is 6.92 Å². The van der Waals surface area contributed by atoms with Crippen LogP contribution in [0.5, 0.6) is 0 Å². The molecule has 0 spiro atoms. The van der Waals surface area contributed by atoms with E-state index in [0.29, 0.717) is 17.2 Å². The number of aliphatic hydroxyl groups excluding tert-OH is 5. The van der Waals surface area contributed by atoms with E-state index in [0.717, 1.165) is 12.1 Å². The van der Waals surface area contributed by atoms with Gasteiger partial charge in [-0.1, -0.05) is 24.3 Å². The highest BCUT2D eigenvalue weighted by molar-refractivity contribution is 5.65. The average Bonchev–Trinajstić information content (AvgIpc) is 2.70. The fourth-order valence-electron chi connectivity index (χ4n) is 3.68. The Morgan fingerprint density at radius 1 is 0.968 bits per heavy atom. The number of alkyl halides is 3. The molecule has 2 aromatic rings. The van der Waals surface area contributed by atoms with Crippen molar-refractivity contribution in [3.05, 3.63) is 58.9 Å². The molecule has 1 aliphatic rings. The van der Waals surface area contributed by atoms with E-state index in [1.165, 1.54) is 18.2 Å². The minimum atomic E-state index is -4.81. The molecule has 0 amide bonds. The molecule has 0 aromatic heterocycles. The second-order valence-corrected chi connectivity index (χ2v) is 7.50. The predicted molar refractivity (Wildman–Crippen MR) is 100 cm³/mol. The van der Waals surface area contributed by atoms with Gasteiger partial charge in [0, 0.05) is 0 Å². The molecule has 0 radical (unpaired) electrons.